The van der Waals surface area contributed by atoms with Crippen molar-refractivity contribution >= 4 is 15.8 Å². The maximum Gasteiger partial charge on any atom is 0.260 e. The topological polar surface area (TPSA) is 99.2 Å². The molecule has 0 spiro atoms. The lowest BCUT2D eigenvalue weighted by atomic mass is 10.2. The van der Waals surface area contributed by atoms with E-state index in [1.165, 1.54) is 18.0 Å². The molecule has 1 aromatic rings. The zero-order valence-electron chi connectivity index (χ0n) is 10.9. The lowest BCUT2D eigenvalue weighted by Gasteiger charge is -2.17. The maximum atomic E-state index is 12.2. The van der Waals surface area contributed by atoms with E-state index in [1.54, 1.807) is 7.05 Å². The van der Waals surface area contributed by atoms with Crippen LogP contribution in [0.15, 0.2) is 11.4 Å². The summed E-state index contributed by atoms with van der Waals surface area (Å²) in [5.74, 6) is -0.00216. The van der Waals surface area contributed by atoms with Crippen LogP contribution in [0, 0.1) is 0 Å². The molecule has 1 atom stereocenters. The monoisotopic (exact) mass is 276 g/mol. The van der Waals surface area contributed by atoms with E-state index in [-0.39, 0.29) is 16.9 Å². The molecule has 1 rings (SSSR count). The molecule has 1 aromatic heterocycles. The Hall–Kier alpha value is -1.12. The van der Waals surface area contributed by atoms with Gasteiger partial charge in [-0.05, 0) is 6.42 Å². The van der Waals surface area contributed by atoms with Gasteiger partial charge < -0.3 is 15.0 Å². The van der Waals surface area contributed by atoms with E-state index < -0.39 is 10.0 Å². The molecule has 0 aromatic carbocycles. The predicted molar refractivity (Wildman–Crippen MR) is 68.5 cm³/mol. The van der Waals surface area contributed by atoms with Crippen LogP contribution in [0.25, 0.3) is 0 Å². The number of ether oxygens (including phenoxy) is 1. The fraction of sp³-hybridized carbons (Fsp3) is 0.700. The zero-order chi connectivity index (χ0) is 13.8. The van der Waals surface area contributed by atoms with Crippen molar-refractivity contribution in [3.8, 4) is 0 Å². The molecule has 0 saturated heterocycles. The summed E-state index contributed by atoms with van der Waals surface area (Å²) >= 11 is 0. The van der Waals surface area contributed by atoms with Gasteiger partial charge in [0.05, 0.1) is 12.9 Å². The molecule has 0 saturated carbocycles. The van der Waals surface area contributed by atoms with E-state index in [1.807, 2.05) is 6.92 Å². The number of anilines is 1. The average molecular weight is 276 g/mol. The van der Waals surface area contributed by atoms with Gasteiger partial charge >= 0.3 is 0 Å². The van der Waals surface area contributed by atoms with Crippen molar-refractivity contribution < 1.29 is 13.2 Å². The van der Waals surface area contributed by atoms with Crippen LogP contribution >= 0.6 is 0 Å². The first-order chi connectivity index (χ1) is 8.42. The third-order valence-corrected chi connectivity index (χ3v) is 4.14. The molecule has 18 heavy (non-hydrogen) atoms. The van der Waals surface area contributed by atoms with E-state index in [0.717, 1.165) is 6.42 Å². The molecular weight excluding hydrogens is 256 g/mol. The van der Waals surface area contributed by atoms with Crippen LogP contribution in [0.3, 0.4) is 0 Å². The van der Waals surface area contributed by atoms with Crippen molar-refractivity contribution in [2.24, 2.45) is 7.05 Å². The molecule has 8 heteroatoms. The second-order valence-corrected chi connectivity index (χ2v) is 5.74. The smallest absolute Gasteiger partial charge is 0.260 e. The van der Waals surface area contributed by atoms with Crippen LogP contribution in [0.1, 0.15) is 19.8 Å². The Bertz CT molecular complexity index is 458. The first-order valence-electron chi connectivity index (χ1n) is 5.70. The van der Waals surface area contributed by atoms with Crippen LogP contribution in [-0.2, 0) is 21.8 Å². The fourth-order valence-electron chi connectivity index (χ4n) is 1.77. The lowest BCUT2D eigenvalue weighted by Crippen LogP contribution is -2.38. The molecule has 0 amide bonds. The number of imidazole rings is 1. The van der Waals surface area contributed by atoms with Crippen LogP contribution < -0.4 is 10.5 Å². The van der Waals surface area contributed by atoms with Gasteiger partial charge in [0.2, 0.25) is 0 Å². The van der Waals surface area contributed by atoms with Gasteiger partial charge in [0, 0.05) is 20.2 Å². The van der Waals surface area contributed by atoms with Crippen LogP contribution in [-0.4, -0.2) is 37.7 Å². The van der Waals surface area contributed by atoms with Crippen molar-refractivity contribution in [2.75, 3.05) is 19.5 Å². The highest BCUT2D eigenvalue weighted by molar-refractivity contribution is 7.89. The van der Waals surface area contributed by atoms with Crippen molar-refractivity contribution in [2.45, 2.75) is 30.8 Å². The van der Waals surface area contributed by atoms with E-state index in [0.29, 0.717) is 13.0 Å². The number of nitrogen functional groups attached to an aromatic ring is 1. The summed E-state index contributed by atoms with van der Waals surface area (Å²) in [6, 6.07) is -0.265. The highest BCUT2D eigenvalue weighted by atomic mass is 32.2. The number of nitrogens with one attached hydrogen (secondary N) is 1. The molecule has 0 bridgehead atoms. The van der Waals surface area contributed by atoms with Crippen LogP contribution in [0.5, 0.6) is 0 Å². The Morgan fingerprint density at radius 1 is 1.61 bits per heavy atom. The Morgan fingerprint density at radius 3 is 2.72 bits per heavy atom. The molecule has 104 valence electrons. The molecule has 7 nitrogen and oxygen atoms in total. The zero-order valence-corrected chi connectivity index (χ0v) is 11.7. The van der Waals surface area contributed by atoms with E-state index >= 15 is 0 Å². The van der Waals surface area contributed by atoms with Gasteiger partial charge in [-0.3, -0.25) is 0 Å². The van der Waals surface area contributed by atoms with Crippen molar-refractivity contribution in [1.29, 1.82) is 0 Å². The highest BCUT2D eigenvalue weighted by Crippen LogP contribution is 2.16. The first-order valence-corrected chi connectivity index (χ1v) is 7.18. The number of aromatic nitrogens is 2. The van der Waals surface area contributed by atoms with Gasteiger partial charge in [-0.1, -0.05) is 13.3 Å². The minimum Gasteiger partial charge on any atom is -0.383 e. The molecule has 1 unspecified atom stereocenters. The van der Waals surface area contributed by atoms with Gasteiger partial charge in [0.1, 0.15) is 0 Å². The minimum absolute atomic E-state index is 0.00216. The highest BCUT2D eigenvalue weighted by Gasteiger charge is 2.25. The largest absolute Gasteiger partial charge is 0.383 e. The fourth-order valence-corrected chi connectivity index (χ4v) is 3.26. The SMILES string of the molecule is CCCC(COC)NS(=O)(=O)c1c(N)ncn1C. The quantitative estimate of drug-likeness (QED) is 0.735. The van der Waals surface area contributed by atoms with Gasteiger partial charge in [-0.2, -0.15) is 0 Å². The Morgan fingerprint density at radius 2 is 2.28 bits per heavy atom. The molecule has 0 aliphatic heterocycles. The number of hydrogen-bond acceptors (Lipinski definition) is 5. The molecule has 1 heterocycles. The van der Waals surface area contributed by atoms with Gasteiger partial charge in [-0.15, -0.1) is 0 Å². The third kappa shape index (κ3) is 3.44. The second-order valence-electron chi connectivity index (χ2n) is 4.11. The second kappa shape index (κ2) is 6.17. The van der Waals surface area contributed by atoms with Crippen molar-refractivity contribution in [1.82, 2.24) is 14.3 Å². The first kappa shape index (κ1) is 14.9. The maximum absolute atomic E-state index is 12.2. The number of nitrogens with two attached hydrogens (primary N) is 1. The standard InChI is InChI=1S/C10H20N4O3S/c1-4-5-8(6-17-3)13-18(15,16)10-9(11)12-7-14(10)2/h7-8,13H,4-6,11H2,1-3H3. The van der Waals surface area contributed by atoms with Crippen molar-refractivity contribution in [3.05, 3.63) is 6.33 Å². The summed E-state index contributed by atoms with van der Waals surface area (Å²) in [4.78, 5) is 3.77. The van der Waals surface area contributed by atoms with Crippen LogP contribution in [0.2, 0.25) is 0 Å². The van der Waals surface area contributed by atoms with Gasteiger partial charge in [-0.25, -0.2) is 18.1 Å². The summed E-state index contributed by atoms with van der Waals surface area (Å²) in [7, 11) is -0.553. The molecule has 0 aliphatic rings. The molecule has 0 radical (unpaired) electrons. The molecule has 0 aliphatic carbocycles. The predicted octanol–water partition coefficient (Wildman–Crippen LogP) is 0.0957. The Labute approximate surface area is 107 Å². The Balaban J connectivity index is 2.93. The molecule has 0 fully saturated rings. The Kier molecular flexibility index (Phi) is 5.12. The summed E-state index contributed by atoms with van der Waals surface area (Å²) in [5.41, 5.74) is 5.57. The summed E-state index contributed by atoms with van der Waals surface area (Å²) in [6.07, 6.45) is 2.93. The number of rotatable bonds is 7. The molecule has 3 N–H and O–H groups in total. The summed E-state index contributed by atoms with van der Waals surface area (Å²) < 4.78 is 33.3. The summed E-state index contributed by atoms with van der Waals surface area (Å²) in [5, 5.41) is -0.0142. The number of sulfonamides is 1. The van der Waals surface area contributed by atoms with E-state index in [2.05, 4.69) is 9.71 Å². The minimum atomic E-state index is -3.68. The van der Waals surface area contributed by atoms with Crippen LogP contribution in [0.4, 0.5) is 5.82 Å². The number of aryl methyl sites for hydroxylation is 1. The van der Waals surface area contributed by atoms with Gasteiger partial charge in [0.25, 0.3) is 10.0 Å². The van der Waals surface area contributed by atoms with Gasteiger partial charge in [0.15, 0.2) is 10.8 Å². The third-order valence-electron chi connectivity index (χ3n) is 2.49. The summed E-state index contributed by atoms with van der Waals surface area (Å²) in [6.45, 7) is 2.31. The number of hydrogen-bond donors (Lipinski definition) is 2. The lowest BCUT2D eigenvalue weighted by molar-refractivity contribution is 0.171. The number of methoxy groups -OCH3 is 1. The van der Waals surface area contributed by atoms with E-state index in [9.17, 15) is 8.42 Å². The van der Waals surface area contributed by atoms with Crippen molar-refractivity contribution in [3.63, 3.8) is 0 Å². The van der Waals surface area contributed by atoms with E-state index in [4.69, 9.17) is 10.5 Å². The molecular formula is C10H20N4O3S. The average Bonchev–Trinajstić information content (AvgIpc) is 2.59. The number of nitrogens with zero attached hydrogens (tertiary/aromatic N) is 2. The normalized spacial score (nSPS) is 13.7.